The van der Waals surface area contributed by atoms with Gasteiger partial charge in [-0.2, -0.15) is 0 Å². The molecule has 2 atom stereocenters. The van der Waals surface area contributed by atoms with Gasteiger partial charge in [-0.05, 0) is 54.2 Å². The van der Waals surface area contributed by atoms with Gasteiger partial charge in [0, 0.05) is 6.42 Å². The lowest BCUT2D eigenvalue weighted by Crippen LogP contribution is -2.30. The summed E-state index contributed by atoms with van der Waals surface area (Å²) in [6, 6.07) is 8.08. The Labute approximate surface area is 121 Å². The van der Waals surface area contributed by atoms with Gasteiger partial charge in [0.25, 0.3) is 0 Å². The minimum atomic E-state index is -0.694. The predicted molar refractivity (Wildman–Crippen MR) is 79.1 cm³/mol. The molecule has 1 aromatic carbocycles. The summed E-state index contributed by atoms with van der Waals surface area (Å²) in [4.78, 5) is 11.2. The molecule has 2 unspecified atom stereocenters. The van der Waals surface area contributed by atoms with Crippen LogP contribution in [0.25, 0.3) is 0 Å². The normalized spacial score (nSPS) is 25.1. The number of carboxylic acids is 1. The van der Waals surface area contributed by atoms with Gasteiger partial charge in [-0.25, -0.2) is 0 Å². The Morgan fingerprint density at radius 1 is 1.45 bits per heavy atom. The Morgan fingerprint density at radius 3 is 2.85 bits per heavy atom. The largest absolute Gasteiger partial charge is 0.497 e. The summed E-state index contributed by atoms with van der Waals surface area (Å²) in [5.41, 5.74) is 1.46. The first-order valence-corrected chi connectivity index (χ1v) is 7.27. The van der Waals surface area contributed by atoms with Crippen LogP contribution in [0, 0.1) is 11.3 Å². The summed E-state index contributed by atoms with van der Waals surface area (Å²) < 4.78 is 5.29. The molecule has 3 nitrogen and oxygen atoms in total. The zero-order valence-electron chi connectivity index (χ0n) is 12.6. The van der Waals surface area contributed by atoms with Crippen molar-refractivity contribution in [1.82, 2.24) is 0 Å². The van der Waals surface area contributed by atoms with E-state index in [-0.39, 0.29) is 17.8 Å². The van der Waals surface area contributed by atoms with Gasteiger partial charge in [0.2, 0.25) is 0 Å². The predicted octanol–water partition coefficient (Wildman–Crippen LogP) is 4.08. The molecule has 0 bridgehead atoms. The molecule has 0 amide bonds. The molecule has 3 heteroatoms. The van der Waals surface area contributed by atoms with Gasteiger partial charge in [0.1, 0.15) is 5.75 Å². The van der Waals surface area contributed by atoms with Crippen molar-refractivity contribution in [3.63, 3.8) is 0 Å². The van der Waals surface area contributed by atoms with Gasteiger partial charge in [0.05, 0.1) is 7.11 Å². The van der Waals surface area contributed by atoms with Crippen molar-refractivity contribution >= 4 is 5.97 Å². The highest BCUT2D eigenvalue weighted by atomic mass is 16.5. The molecule has 1 saturated carbocycles. The second-order valence-corrected chi connectivity index (χ2v) is 6.65. The van der Waals surface area contributed by atoms with Crippen LogP contribution in [-0.2, 0) is 4.79 Å². The zero-order chi connectivity index (χ0) is 14.8. The molecule has 20 heavy (non-hydrogen) atoms. The summed E-state index contributed by atoms with van der Waals surface area (Å²) >= 11 is 0. The van der Waals surface area contributed by atoms with Gasteiger partial charge in [-0.3, -0.25) is 4.79 Å². The summed E-state index contributed by atoms with van der Waals surface area (Å²) in [6.45, 7) is 4.48. The molecular formula is C17H24O3. The minimum Gasteiger partial charge on any atom is -0.497 e. The highest BCUT2D eigenvalue weighted by Gasteiger charge is 2.36. The zero-order valence-corrected chi connectivity index (χ0v) is 12.6. The summed E-state index contributed by atoms with van der Waals surface area (Å²) in [5.74, 6) is 0.694. The standard InChI is InChI=1S/C17H24O3/c1-17(2)8-7-15(13(11-17)10-16(18)19)12-5-4-6-14(9-12)20-3/h4-6,9,13,15H,7-8,10-11H2,1-3H3,(H,18,19). The average molecular weight is 276 g/mol. The van der Waals surface area contributed by atoms with E-state index in [2.05, 4.69) is 26.0 Å². The Kier molecular flexibility index (Phi) is 4.36. The SMILES string of the molecule is COc1cccc(C2CCC(C)(C)CC2CC(=O)O)c1. The number of carbonyl (C=O) groups is 1. The summed E-state index contributed by atoms with van der Waals surface area (Å²) in [5, 5.41) is 9.18. The molecule has 1 aromatic rings. The summed E-state index contributed by atoms with van der Waals surface area (Å²) in [7, 11) is 1.66. The second-order valence-electron chi connectivity index (χ2n) is 6.65. The van der Waals surface area contributed by atoms with Crippen molar-refractivity contribution in [1.29, 1.82) is 0 Å². The summed E-state index contributed by atoms with van der Waals surface area (Å²) in [6.07, 6.45) is 3.43. The third-order valence-corrected chi connectivity index (χ3v) is 4.47. The van der Waals surface area contributed by atoms with Crippen molar-refractivity contribution in [3.8, 4) is 5.75 Å². The maximum absolute atomic E-state index is 11.2. The van der Waals surface area contributed by atoms with E-state index in [0.29, 0.717) is 5.92 Å². The average Bonchev–Trinajstić information content (AvgIpc) is 2.37. The molecule has 1 aliphatic rings. The molecule has 0 saturated heterocycles. The highest BCUT2D eigenvalue weighted by molar-refractivity contribution is 5.67. The van der Waals surface area contributed by atoms with Crippen LogP contribution in [0.5, 0.6) is 5.75 Å². The number of methoxy groups -OCH3 is 1. The first-order chi connectivity index (χ1) is 9.41. The van der Waals surface area contributed by atoms with Crippen molar-refractivity contribution in [3.05, 3.63) is 29.8 Å². The Bertz CT molecular complexity index is 479. The van der Waals surface area contributed by atoms with E-state index >= 15 is 0 Å². The quantitative estimate of drug-likeness (QED) is 0.901. The van der Waals surface area contributed by atoms with E-state index in [1.807, 2.05) is 12.1 Å². The Balaban J connectivity index is 2.24. The van der Waals surface area contributed by atoms with Crippen LogP contribution in [0.4, 0.5) is 0 Å². The highest BCUT2D eigenvalue weighted by Crippen LogP contribution is 2.47. The minimum absolute atomic E-state index is 0.211. The monoisotopic (exact) mass is 276 g/mol. The fourth-order valence-electron chi connectivity index (χ4n) is 3.49. The van der Waals surface area contributed by atoms with Crippen LogP contribution in [-0.4, -0.2) is 18.2 Å². The third kappa shape index (κ3) is 3.53. The molecular weight excluding hydrogens is 252 g/mol. The molecule has 0 radical (unpaired) electrons. The molecule has 110 valence electrons. The second kappa shape index (κ2) is 5.86. The van der Waals surface area contributed by atoms with E-state index in [1.54, 1.807) is 7.11 Å². The van der Waals surface area contributed by atoms with Crippen LogP contribution in [0.2, 0.25) is 0 Å². The van der Waals surface area contributed by atoms with E-state index in [1.165, 1.54) is 5.56 Å². The first-order valence-electron chi connectivity index (χ1n) is 7.27. The van der Waals surface area contributed by atoms with Gasteiger partial charge >= 0.3 is 5.97 Å². The van der Waals surface area contributed by atoms with Crippen molar-refractivity contribution < 1.29 is 14.6 Å². The lowest BCUT2D eigenvalue weighted by Gasteiger charge is -2.40. The molecule has 0 aromatic heterocycles. The van der Waals surface area contributed by atoms with Gasteiger partial charge in [-0.1, -0.05) is 26.0 Å². The number of carboxylic acid groups (broad SMARTS) is 1. The number of hydrogen-bond acceptors (Lipinski definition) is 2. The fraction of sp³-hybridized carbons (Fsp3) is 0.588. The van der Waals surface area contributed by atoms with Crippen molar-refractivity contribution in [2.24, 2.45) is 11.3 Å². The van der Waals surface area contributed by atoms with Crippen LogP contribution in [0.3, 0.4) is 0 Å². The molecule has 1 aliphatic carbocycles. The molecule has 1 fully saturated rings. The van der Waals surface area contributed by atoms with E-state index in [0.717, 1.165) is 25.0 Å². The molecule has 0 aliphatic heterocycles. The van der Waals surface area contributed by atoms with Gasteiger partial charge < -0.3 is 9.84 Å². The van der Waals surface area contributed by atoms with Crippen LogP contribution >= 0.6 is 0 Å². The van der Waals surface area contributed by atoms with Crippen molar-refractivity contribution in [2.45, 2.75) is 45.4 Å². The smallest absolute Gasteiger partial charge is 0.303 e. The van der Waals surface area contributed by atoms with Crippen LogP contribution in [0.15, 0.2) is 24.3 Å². The number of aliphatic carboxylic acids is 1. The maximum atomic E-state index is 11.2. The topological polar surface area (TPSA) is 46.5 Å². The molecule has 1 N–H and O–H groups in total. The molecule has 2 rings (SSSR count). The van der Waals surface area contributed by atoms with Crippen LogP contribution < -0.4 is 4.74 Å². The number of ether oxygens (including phenoxy) is 1. The Morgan fingerprint density at radius 2 is 2.20 bits per heavy atom. The molecule has 0 spiro atoms. The van der Waals surface area contributed by atoms with E-state index in [9.17, 15) is 9.90 Å². The lowest BCUT2D eigenvalue weighted by atomic mass is 9.64. The number of rotatable bonds is 4. The Hall–Kier alpha value is -1.51. The van der Waals surface area contributed by atoms with E-state index < -0.39 is 5.97 Å². The van der Waals surface area contributed by atoms with Crippen LogP contribution in [0.1, 0.15) is 51.0 Å². The lowest BCUT2D eigenvalue weighted by molar-refractivity contribution is -0.138. The fourth-order valence-corrected chi connectivity index (χ4v) is 3.49. The molecule has 0 heterocycles. The third-order valence-electron chi connectivity index (χ3n) is 4.47. The first kappa shape index (κ1) is 14.9. The number of benzene rings is 1. The van der Waals surface area contributed by atoms with Gasteiger partial charge in [0.15, 0.2) is 0 Å². The van der Waals surface area contributed by atoms with Gasteiger partial charge in [-0.15, -0.1) is 0 Å². The maximum Gasteiger partial charge on any atom is 0.303 e. The van der Waals surface area contributed by atoms with Crippen molar-refractivity contribution in [2.75, 3.05) is 7.11 Å². The van der Waals surface area contributed by atoms with E-state index in [4.69, 9.17) is 4.74 Å². The number of hydrogen-bond donors (Lipinski definition) is 1.